The number of hydrogen-bond donors (Lipinski definition) is 0. The number of ketones is 1. The second-order valence-corrected chi connectivity index (χ2v) is 9.23. The van der Waals surface area contributed by atoms with Gasteiger partial charge in [0.1, 0.15) is 5.78 Å². The topological polar surface area (TPSA) is 60.4 Å². The van der Waals surface area contributed by atoms with Crippen molar-refractivity contribution in [3.05, 3.63) is 0 Å². The van der Waals surface area contributed by atoms with Crippen molar-refractivity contribution in [1.82, 2.24) is 0 Å². The van der Waals surface area contributed by atoms with Gasteiger partial charge in [-0.1, -0.05) is 20.8 Å². The van der Waals surface area contributed by atoms with Crippen LogP contribution in [0, 0.1) is 0 Å². The Kier molecular flexibility index (Phi) is 6.84. The molecular formula is C10H19F3O4S2. The van der Waals surface area contributed by atoms with Crippen LogP contribution in [0.1, 0.15) is 33.6 Å². The van der Waals surface area contributed by atoms with Crippen LogP contribution in [-0.4, -0.2) is 37.0 Å². The first kappa shape index (κ1) is 18.7. The van der Waals surface area contributed by atoms with E-state index in [-0.39, 0.29) is 29.5 Å². The van der Waals surface area contributed by atoms with E-state index in [1.165, 1.54) is 13.8 Å². The molecule has 0 saturated carbocycles. The normalized spacial score (nSPS) is 14.4. The summed E-state index contributed by atoms with van der Waals surface area (Å²) in [6.07, 6.45) is 0.776. The van der Waals surface area contributed by atoms with E-state index in [4.69, 9.17) is 0 Å². The summed E-state index contributed by atoms with van der Waals surface area (Å²) in [5.74, 6) is -0.329. The fourth-order valence-electron chi connectivity index (χ4n) is 1.40. The molecular weight excluding hydrogens is 305 g/mol. The Bertz CT molecular complexity index is 399. The standard InChI is InChI=1S/C10H19F3O4S2/c1-4-7-9(14)8-18(5-2,6-3)17-19(15,16)10(11,12)13/h4-8H2,1-3H3. The first-order chi connectivity index (χ1) is 8.53. The molecule has 0 unspecified atom stereocenters. The van der Waals surface area contributed by atoms with Crippen LogP contribution in [0.25, 0.3) is 0 Å². The first-order valence-corrected chi connectivity index (χ1v) is 9.31. The third-order valence-electron chi connectivity index (χ3n) is 2.52. The van der Waals surface area contributed by atoms with Crippen LogP contribution >= 0.6 is 10.3 Å². The van der Waals surface area contributed by atoms with Gasteiger partial charge >= 0.3 is 15.6 Å². The van der Waals surface area contributed by atoms with Crippen LogP contribution in [0.3, 0.4) is 0 Å². The molecule has 0 bridgehead atoms. The Morgan fingerprint density at radius 2 is 1.58 bits per heavy atom. The van der Waals surface area contributed by atoms with Crippen LogP contribution in [0.2, 0.25) is 0 Å². The molecule has 0 aromatic rings. The van der Waals surface area contributed by atoms with Crippen LogP contribution in [0.5, 0.6) is 0 Å². The van der Waals surface area contributed by atoms with Gasteiger partial charge in [-0.05, 0) is 17.9 Å². The fourth-order valence-corrected chi connectivity index (χ4v) is 5.74. The minimum atomic E-state index is -5.66. The predicted octanol–water partition coefficient (Wildman–Crippen LogP) is 2.98. The molecule has 0 aliphatic rings. The van der Waals surface area contributed by atoms with Crippen LogP contribution in [0.4, 0.5) is 13.2 Å². The summed E-state index contributed by atoms with van der Waals surface area (Å²) in [4.78, 5) is 11.6. The Hall–Kier alpha value is -0.280. The largest absolute Gasteiger partial charge is 0.523 e. The Morgan fingerprint density at radius 1 is 1.11 bits per heavy atom. The highest BCUT2D eigenvalue weighted by Gasteiger charge is 2.50. The number of Topliss-reactive ketones (excluding diaryl/α,β-unsaturated/α-hetero) is 1. The van der Waals surface area contributed by atoms with Crippen molar-refractivity contribution in [3.8, 4) is 0 Å². The third kappa shape index (κ3) is 5.31. The lowest BCUT2D eigenvalue weighted by molar-refractivity contribution is -0.116. The zero-order chi connectivity index (χ0) is 15.3. The first-order valence-electron chi connectivity index (χ1n) is 5.84. The highest BCUT2D eigenvalue weighted by molar-refractivity contribution is 8.33. The minimum absolute atomic E-state index is 0.0915. The van der Waals surface area contributed by atoms with Crippen LogP contribution < -0.4 is 0 Å². The van der Waals surface area contributed by atoms with Crippen molar-refractivity contribution in [2.45, 2.75) is 39.1 Å². The summed E-state index contributed by atoms with van der Waals surface area (Å²) in [5, 5.41) is 0. The fraction of sp³-hybridized carbons (Fsp3) is 0.900. The van der Waals surface area contributed by atoms with Crippen LogP contribution in [-0.2, 0) is 18.5 Å². The molecule has 0 N–H and O–H groups in total. The molecule has 0 saturated heterocycles. The van der Waals surface area contributed by atoms with Crippen molar-refractivity contribution in [3.63, 3.8) is 0 Å². The molecule has 116 valence electrons. The van der Waals surface area contributed by atoms with Crippen molar-refractivity contribution >= 4 is 26.2 Å². The van der Waals surface area contributed by atoms with Gasteiger partial charge < -0.3 is 0 Å². The lowest BCUT2D eigenvalue weighted by atomic mass is 10.3. The summed E-state index contributed by atoms with van der Waals surface area (Å²) in [5.41, 5.74) is -5.45. The van der Waals surface area contributed by atoms with E-state index >= 15 is 0 Å². The molecule has 4 nitrogen and oxygen atoms in total. The van der Waals surface area contributed by atoms with Gasteiger partial charge in [-0.3, -0.25) is 4.79 Å². The smallest absolute Gasteiger partial charge is 0.299 e. The summed E-state index contributed by atoms with van der Waals surface area (Å²) >= 11 is 0. The molecule has 9 heteroatoms. The maximum absolute atomic E-state index is 12.3. The highest BCUT2D eigenvalue weighted by Crippen LogP contribution is 2.52. The molecule has 0 radical (unpaired) electrons. The molecule has 0 atom stereocenters. The zero-order valence-electron chi connectivity index (χ0n) is 11.1. The molecule has 0 spiro atoms. The maximum atomic E-state index is 12.3. The summed E-state index contributed by atoms with van der Waals surface area (Å²) in [6, 6.07) is 0. The molecule has 0 aliphatic carbocycles. The molecule has 0 rings (SSSR count). The second kappa shape index (κ2) is 6.94. The lowest BCUT2D eigenvalue weighted by Gasteiger charge is -2.35. The zero-order valence-corrected chi connectivity index (χ0v) is 12.8. The van der Waals surface area contributed by atoms with Gasteiger partial charge in [-0.25, -0.2) is 3.63 Å². The van der Waals surface area contributed by atoms with Crippen molar-refractivity contribution in [1.29, 1.82) is 0 Å². The van der Waals surface area contributed by atoms with Gasteiger partial charge in [0.15, 0.2) is 0 Å². The minimum Gasteiger partial charge on any atom is -0.299 e. The highest BCUT2D eigenvalue weighted by atomic mass is 32.3. The average Bonchev–Trinajstić information content (AvgIpc) is 2.26. The Morgan fingerprint density at radius 3 is 1.89 bits per heavy atom. The summed E-state index contributed by atoms with van der Waals surface area (Å²) < 4.78 is 63.6. The van der Waals surface area contributed by atoms with Gasteiger partial charge in [0.25, 0.3) is 0 Å². The quantitative estimate of drug-likeness (QED) is 0.644. The number of carbonyl (C=O) groups is 1. The van der Waals surface area contributed by atoms with Crippen molar-refractivity contribution < 1.29 is 30.0 Å². The monoisotopic (exact) mass is 324 g/mol. The number of hydrogen-bond acceptors (Lipinski definition) is 4. The van der Waals surface area contributed by atoms with Gasteiger partial charge in [0, 0.05) is 6.42 Å². The molecule has 0 amide bonds. The van der Waals surface area contributed by atoms with E-state index in [1.807, 2.05) is 0 Å². The number of halogens is 3. The summed E-state index contributed by atoms with van der Waals surface area (Å²) in [6.45, 7) is 4.83. The van der Waals surface area contributed by atoms with Gasteiger partial charge in [0.05, 0.1) is 5.75 Å². The molecule has 0 fully saturated rings. The molecule has 0 aromatic carbocycles. The SMILES string of the molecule is CCCC(=O)CS(CC)(CC)OS(=O)(=O)C(F)(F)F. The van der Waals surface area contributed by atoms with Gasteiger partial charge in [0.2, 0.25) is 0 Å². The van der Waals surface area contributed by atoms with E-state index in [0.29, 0.717) is 6.42 Å². The second-order valence-electron chi connectivity index (χ2n) is 3.94. The predicted molar refractivity (Wildman–Crippen MR) is 69.5 cm³/mol. The van der Waals surface area contributed by atoms with E-state index < -0.39 is 25.9 Å². The van der Waals surface area contributed by atoms with Crippen molar-refractivity contribution in [2.24, 2.45) is 0 Å². The molecule has 0 aromatic heterocycles. The third-order valence-corrected chi connectivity index (χ3v) is 7.91. The average molecular weight is 324 g/mol. The molecule has 0 aliphatic heterocycles. The van der Waals surface area contributed by atoms with Gasteiger partial charge in [-0.15, -0.1) is 10.3 Å². The number of rotatable bonds is 8. The van der Waals surface area contributed by atoms with E-state index in [2.05, 4.69) is 3.63 Å². The molecule has 19 heavy (non-hydrogen) atoms. The maximum Gasteiger partial charge on any atom is 0.523 e. The number of carbonyl (C=O) groups excluding carboxylic acids is 1. The summed E-state index contributed by atoms with van der Waals surface area (Å²) in [7, 11) is -8.25. The van der Waals surface area contributed by atoms with Gasteiger partial charge in [-0.2, -0.15) is 21.6 Å². The van der Waals surface area contributed by atoms with Crippen LogP contribution in [0.15, 0.2) is 0 Å². The van der Waals surface area contributed by atoms with E-state index in [0.717, 1.165) is 0 Å². The Balaban J connectivity index is 5.17. The lowest BCUT2D eigenvalue weighted by Crippen LogP contribution is -2.30. The van der Waals surface area contributed by atoms with E-state index in [1.54, 1.807) is 6.92 Å². The number of alkyl halides is 3. The Labute approximate surface area is 113 Å². The van der Waals surface area contributed by atoms with E-state index in [9.17, 15) is 26.4 Å². The van der Waals surface area contributed by atoms with Crippen molar-refractivity contribution in [2.75, 3.05) is 17.3 Å². The molecule has 0 heterocycles.